The Kier molecular flexibility index (Phi) is 2.86. The Hall–Kier alpha value is -1.42. The van der Waals surface area contributed by atoms with Crippen LogP contribution < -0.4 is 0 Å². The van der Waals surface area contributed by atoms with Crippen LogP contribution in [0.4, 0.5) is 17.6 Å². The van der Waals surface area contributed by atoms with Gasteiger partial charge in [-0.15, -0.1) is 0 Å². The van der Waals surface area contributed by atoms with Crippen LogP contribution in [-0.2, 0) is 4.79 Å². The number of hydrogen-bond donors (Lipinski definition) is 0. The molecule has 0 aromatic heterocycles. The van der Waals surface area contributed by atoms with E-state index < -0.39 is 30.0 Å². The minimum atomic E-state index is -4.44. The SMILES string of the molecule is O=C=NC1=C(F)C=CC(C(F)(F)F)C1. The molecule has 1 atom stereocenters. The highest BCUT2D eigenvalue weighted by Crippen LogP contribution is 2.36. The number of allylic oxidation sites excluding steroid dienone is 4. The van der Waals surface area contributed by atoms with E-state index in [1.807, 2.05) is 0 Å². The van der Waals surface area contributed by atoms with E-state index in [1.165, 1.54) is 0 Å². The van der Waals surface area contributed by atoms with E-state index in [0.29, 0.717) is 12.2 Å². The van der Waals surface area contributed by atoms with Gasteiger partial charge in [-0.25, -0.2) is 9.18 Å². The van der Waals surface area contributed by atoms with Crippen LogP contribution in [0, 0.1) is 5.92 Å². The first-order chi connectivity index (χ1) is 6.45. The van der Waals surface area contributed by atoms with Gasteiger partial charge in [-0.1, -0.05) is 6.08 Å². The molecule has 6 heteroatoms. The Morgan fingerprint density at radius 2 is 2.14 bits per heavy atom. The Morgan fingerprint density at radius 1 is 1.50 bits per heavy atom. The fourth-order valence-corrected chi connectivity index (χ4v) is 1.05. The second kappa shape index (κ2) is 3.75. The molecule has 0 aromatic rings. The molecule has 2 nitrogen and oxygen atoms in total. The standard InChI is InChI=1S/C8H5F4NO/c9-6-2-1-5(8(10,11)12)3-7(6)13-4-14/h1-2,5H,3H2. The molecule has 14 heavy (non-hydrogen) atoms. The molecule has 0 N–H and O–H groups in total. The van der Waals surface area contributed by atoms with Crippen molar-refractivity contribution in [3.63, 3.8) is 0 Å². The molecule has 1 unspecified atom stereocenters. The molecule has 0 saturated carbocycles. The summed E-state index contributed by atoms with van der Waals surface area (Å²) in [5, 5.41) is 0. The van der Waals surface area contributed by atoms with Crippen molar-refractivity contribution < 1.29 is 22.4 Å². The summed E-state index contributed by atoms with van der Waals surface area (Å²) in [5.41, 5.74) is -0.509. The van der Waals surface area contributed by atoms with Crippen molar-refractivity contribution in [3.05, 3.63) is 23.7 Å². The van der Waals surface area contributed by atoms with Crippen molar-refractivity contribution in [2.24, 2.45) is 10.9 Å². The first-order valence-electron chi connectivity index (χ1n) is 3.66. The summed E-state index contributed by atoms with van der Waals surface area (Å²) in [4.78, 5) is 12.7. The largest absolute Gasteiger partial charge is 0.395 e. The molecule has 0 bridgehead atoms. The lowest BCUT2D eigenvalue weighted by Gasteiger charge is -2.19. The van der Waals surface area contributed by atoms with Crippen LogP contribution in [0.3, 0.4) is 0 Å². The van der Waals surface area contributed by atoms with Gasteiger partial charge in [0.25, 0.3) is 0 Å². The zero-order chi connectivity index (χ0) is 10.8. The van der Waals surface area contributed by atoms with Crippen molar-refractivity contribution >= 4 is 6.08 Å². The lowest BCUT2D eigenvalue weighted by molar-refractivity contribution is -0.161. The summed E-state index contributed by atoms with van der Waals surface area (Å²) in [6, 6.07) is 0. The summed E-state index contributed by atoms with van der Waals surface area (Å²) in [6.45, 7) is 0. The number of nitrogens with zero attached hydrogens (tertiary/aromatic N) is 1. The van der Waals surface area contributed by atoms with Crippen molar-refractivity contribution in [1.29, 1.82) is 0 Å². The van der Waals surface area contributed by atoms with Gasteiger partial charge >= 0.3 is 6.18 Å². The number of hydrogen-bond acceptors (Lipinski definition) is 2. The van der Waals surface area contributed by atoms with E-state index in [9.17, 15) is 22.4 Å². The van der Waals surface area contributed by atoms with Crippen LogP contribution >= 0.6 is 0 Å². The van der Waals surface area contributed by atoms with Crippen LogP contribution in [0.5, 0.6) is 0 Å². The molecule has 0 heterocycles. The maximum atomic E-state index is 12.7. The van der Waals surface area contributed by atoms with Crippen LogP contribution in [0.2, 0.25) is 0 Å². The number of carbonyl (C=O) groups excluding carboxylic acids is 1. The topological polar surface area (TPSA) is 29.4 Å². The molecular weight excluding hydrogens is 202 g/mol. The van der Waals surface area contributed by atoms with Crippen LogP contribution in [0.1, 0.15) is 6.42 Å². The summed E-state index contributed by atoms with van der Waals surface area (Å²) in [7, 11) is 0. The Bertz CT molecular complexity index is 336. The maximum absolute atomic E-state index is 12.7. The number of isocyanates is 1. The highest BCUT2D eigenvalue weighted by atomic mass is 19.4. The minimum absolute atomic E-state index is 0.509. The summed E-state index contributed by atoms with van der Waals surface area (Å²) < 4.78 is 49.2. The Balaban J connectivity index is 2.90. The van der Waals surface area contributed by atoms with E-state index in [0.717, 1.165) is 6.08 Å². The molecule has 1 aliphatic rings. The maximum Gasteiger partial charge on any atom is 0.395 e. The average Bonchev–Trinajstić information content (AvgIpc) is 2.07. The zero-order valence-electron chi connectivity index (χ0n) is 6.81. The van der Waals surface area contributed by atoms with E-state index in [4.69, 9.17) is 0 Å². The van der Waals surface area contributed by atoms with Gasteiger partial charge in [0.2, 0.25) is 6.08 Å². The fourth-order valence-electron chi connectivity index (χ4n) is 1.05. The molecule has 1 aliphatic carbocycles. The van der Waals surface area contributed by atoms with Gasteiger partial charge in [0.15, 0.2) is 0 Å². The first kappa shape index (κ1) is 10.7. The molecule has 76 valence electrons. The summed E-state index contributed by atoms with van der Waals surface area (Å²) in [6.07, 6.45) is -2.71. The highest BCUT2D eigenvalue weighted by molar-refractivity contribution is 5.40. The van der Waals surface area contributed by atoms with E-state index >= 15 is 0 Å². The van der Waals surface area contributed by atoms with Crippen molar-refractivity contribution in [3.8, 4) is 0 Å². The smallest absolute Gasteiger partial charge is 0.211 e. The van der Waals surface area contributed by atoms with Gasteiger partial charge in [0.05, 0.1) is 11.6 Å². The van der Waals surface area contributed by atoms with Gasteiger partial charge in [-0.2, -0.15) is 18.2 Å². The molecule has 1 rings (SSSR count). The van der Waals surface area contributed by atoms with Crippen LogP contribution in [0.15, 0.2) is 28.7 Å². The molecule has 0 spiro atoms. The van der Waals surface area contributed by atoms with Gasteiger partial charge in [-0.3, -0.25) is 0 Å². The predicted octanol–water partition coefficient (Wildman–Crippen LogP) is 2.64. The van der Waals surface area contributed by atoms with Gasteiger partial charge in [0, 0.05) is 6.42 Å². The normalized spacial score (nSPS) is 22.1. The predicted molar refractivity (Wildman–Crippen MR) is 39.6 cm³/mol. The minimum Gasteiger partial charge on any atom is -0.211 e. The summed E-state index contributed by atoms with van der Waals surface area (Å²) >= 11 is 0. The molecule has 0 saturated heterocycles. The van der Waals surface area contributed by atoms with E-state index in [2.05, 4.69) is 4.99 Å². The van der Waals surface area contributed by atoms with Gasteiger partial charge in [-0.05, 0) is 6.08 Å². The molecule has 0 aliphatic heterocycles. The van der Waals surface area contributed by atoms with Crippen molar-refractivity contribution in [1.82, 2.24) is 0 Å². The second-order valence-corrected chi connectivity index (χ2v) is 2.71. The number of halogens is 4. The van der Waals surface area contributed by atoms with Crippen molar-refractivity contribution in [2.75, 3.05) is 0 Å². The number of aliphatic imine (C=N–C) groups is 1. The lowest BCUT2D eigenvalue weighted by Crippen LogP contribution is -2.22. The van der Waals surface area contributed by atoms with Crippen molar-refractivity contribution in [2.45, 2.75) is 12.6 Å². The summed E-state index contributed by atoms with van der Waals surface area (Å²) in [5.74, 6) is -2.71. The van der Waals surface area contributed by atoms with E-state index in [1.54, 1.807) is 0 Å². The first-order valence-corrected chi connectivity index (χ1v) is 3.66. The average molecular weight is 207 g/mol. The fraction of sp³-hybridized carbons (Fsp3) is 0.375. The third-order valence-electron chi connectivity index (χ3n) is 1.76. The van der Waals surface area contributed by atoms with Crippen LogP contribution in [0.25, 0.3) is 0 Å². The zero-order valence-corrected chi connectivity index (χ0v) is 6.81. The number of rotatable bonds is 1. The monoisotopic (exact) mass is 207 g/mol. The third kappa shape index (κ3) is 2.29. The molecule has 0 fully saturated rings. The van der Waals surface area contributed by atoms with Gasteiger partial charge < -0.3 is 0 Å². The quantitative estimate of drug-likeness (QED) is 0.369. The molecule has 0 amide bonds. The molecular formula is C8H5F4NO. The number of alkyl halides is 3. The molecule has 0 radical (unpaired) electrons. The molecule has 0 aromatic carbocycles. The highest BCUT2D eigenvalue weighted by Gasteiger charge is 2.39. The van der Waals surface area contributed by atoms with Gasteiger partial charge in [0.1, 0.15) is 5.83 Å². The van der Waals surface area contributed by atoms with Crippen LogP contribution in [-0.4, -0.2) is 12.3 Å². The Labute approximate surface area is 76.6 Å². The lowest BCUT2D eigenvalue weighted by atomic mass is 9.97. The Morgan fingerprint density at radius 3 is 2.64 bits per heavy atom. The van der Waals surface area contributed by atoms with E-state index in [-0.39, 0.29) is 0 Å². The third-order valence-corrected chi connectivity index (χ3v) is 1.76. The second-order valence-electron chi connectivity index (χ2n) is 2.71.